The zero-order chi connectivity index (χ0) is 15.5. The van der Waals surface area contributed by atoms with E-state index < -0.39 is 0 Å². The largest absolute Gasteiger partial charge is 0.369 e. The molecule has 1 aliphatic rings. The van der Waals surface area contributed by atoms with Crippen molar-refractivity contribution in [3.63, 3.8) is 0 Å². The van der Waals surface area contributed by atoms with Crippen LogP contribution >= 0.6 is 11.3 Å². The van der Waals surface area contributed by atoms with Crippen LogP contribution in [0.2, 0.25) is 0 Å². The number of nitrogens with zero attached hydrogens (tertiary/aromatic N) is 3. The third kappa shape index (κ3) is 3.42. The van der Waals surface area contributed by atoms with Crippen LogP contribution in [0.5, 0.6) is 0 Å². The van der Waals surface area contributed by atoms with E-state index in [1.165, 1.54) is 0 Å². The van der Waals surface area contributed by atoms with Gasteiger partial charge in [0.15, 0.2) is 5.13 Å². The summed E-state index contributed by atoms with van der Waals surface area (Å²) in [6.07, 6.45) is 3.89. The number of likely N-dealkylation sites (tertiary alicyclic amines) is 1. The van der Waals surface area contributed by atoms with Crippen LogP contribution in [0.4, 0.5) is 10.9 Å². The minimum atomic E-state index is -0.292. The Bertz CT molecular complexity index is 671. The molecule has 1 atom stereocenters. The fraction of sp³-hybridized carbons (Fsp3) is 0.400. The van der Waals surface area contributed by atoms with Gasteiger partial charge in [-0.2, -0.15) is 0 Å². The number of aromatic nitrogens is 2. The van der Waals surface area contributed by atoms with E-state index in [2.05, 4.69) is 20.2 Å². The number of pyridine rings is 1. The maximum Gasteiger partial charge on any atom is 0.231 e. The number of primary amides is 1. The molecule has 0 radical (unpaired) electrons. The molecule has 0 bridgehead atoms. The molecule has 3 heterocycles. The van der Waals surface area contributed by atoms with Crippen LogP contribution in [-0.4, -0.2) is 33.9 Å². The van der Waals surface area contributed by atoms with Crippen molar-refractivity contribution in [2.75, 3.05) is 18.4 Å². The zero-order valence-electron chi connectivity index (χ0n) is 12.5. The van der Waals surface area contributed by atoms with Crippen LogP contribution in [0.1, 0.15) is 29.5 Å². The molecule has 0 unspecified atom stereocenters. The van der Waals surface area contributed by atoms with Crippen molar-refractivity contribution in [1.29, 1.82) is 0 Å². The first kappa shape index (κ1) is 14.9. The van der Waals surface area contributed by atoms with E-state index in [0.29, 0.717) is 0 Å². The molecule has 1 amide bonds. The molecular weight excluding hydrogens is 298 g/mol. The summed E-state index contributed by atoms with van der Waals surface area (Å²) < 4.78 is 0. The third-order valence-corrected chi connectivity index (χ3v) is 4.52. The molecule has 3 N–H and O–H groups in total. The molecule has 0 saturated carbocycles. The van der Waals surface area contributed by atoms with Gasteiger partial charge in [0, 0.05) is 11.1 Å². The van der Waals surface area contributed by atoms with Gasteiger partial charge in [0.2, 0.25) is 5.91 Å². The van der Waals surface area contributed by atoms with E-state index in [0.717, 1.165) is 40.9 Å². The molecule has 3 rings (SSSR count). The Morgan fingerprint density at radius 1 is 1.55 bits per heavy atom. The lowest BCUT2D eigenvalue weighted by Gasteiger charge is -2.22. The van der Waals surface area contributed by atoms with Crippen molar-refractivity contribution in [3.8, 4) is 0 Å². The lowest BCUT2D eigenvalue weighted by Crippen LogP contribution is -2.33. The van der Waals surface area contributed by atoms with Gasteiger partial charge in [0.05, 0.1) is 18.3 Å². The molecule has 2 aromatic rings. The van der Waals surface area contributed by atoms with E-state index >= 15 is 0 Å². The Labute approximate surface area is 133 Å². The monoisotopic (exact) mass is 317 g/mol. The van der Waals surface area contributed by atoms with Gasteiger partial charge < -0.3 is 11.1 Å². The second-order valence-electron chi connectivity index (χ2n) is 5.44. The van der Waals surface area contributed by atoms with E-state index in [4.69, 9.17) is 5.73 Å². The summed E-state index contributed by atoms with van der Waals surface area (Å²) in [5.74, 6) is 0.484. The number of nitrogens with one attached hydrogen (secondary N) is 1. The summed E-state index contributed by atoms with van der Waals surface area (Å²) in [6, 6.07) is 6.06. The van der Waals surface area contributed by atoms with Crippen LogP contribution in [0.3, 0.4) is 0 Å². The van der Waals surface area contributed by atoms with Gasteiger partial charge in [-0.05, 0) is 38.4 Å². The molecule has 7 heteroatoms. The van der Waals surface area contributed by atoms with E-state index in [1.54, 1.807) is 11.3 Å². The number of hydrogen-bond donors (Lipinski definition) is 2. The number of nitrogens with two attached hydrogens (primary N) is 1. The number of carbonyl (C=O) groups is 1. The summed E-state index contributed by atoms with van der Waals surface area (Å²) in [6.45, 7) is 3.20. The molecule has 0 spiro atoms. The van der Waals surface area contributed by atoms with Crippen molar-refractivity contribution in [2.45, 2.75) is 25.8 Å². The molecule has 0 aromatic carbocycles. The molecular formula is C15H19N5OS. The average molecular weight is 317 g/mol. The standard InChI is InChI=1S/C15H19N5OS/c1-10-8-17-15(22-10)19-14-6-2-4-11(18-14)12-5-3-7-20(12)9-13(16)21/h2,4,6,8,12H,3,5,7,9H2,1H3,(H2,16,21)(H,17,18,19)/t12-/m1/s1. The number of amides is 1. The van der Waals surface area contributed by atoms with Crippen molar-refractivity contribution in [2.24, 2.45) is 5.73 Å². The van der Waals surface area contributed by atoms with E-state index in [1.807, 2.05) is 31.3 Å². The molecule has 2 aromatic heterocycles. The third-order valence-electron chi connectivity index (χ3n) is 3.69. The molecule has 1 aliphatic heterocycles. The Morgan fingerprint density at radius 3 is 3.14 bits per heavy atom. The molecule has 0 aliphatic carbocycles. The maximum atomic E-state index is 11.2. The summed E-state index contributed by atoms with van der Waals surface area (Å²) >= 11 is 1.60. The highest BCUT2D eigenvalue weighted by atomic mass is 32.1. The fourth-order valence-corrected chi connectivity index (χ4v) is 3.45. The second-order valence-corrected chi connectivity index (χ2v) is 6.68. The van der Waals surface area contributed by atoms with E-state index in [9.17, 15) is 4.79 Å². The van der Waals surface area contributed by atoms with Crippen LogP contribution < -0.4 is 11.1 Å². The molecule has 6 nitrogen and oxygen atoms in total. The number of thiazole rings is 1. The molecule has 1 fully saturated rings. The van der Waals surface area contributed by atoms with Crippen LogP contribution in [0.25, 0.3) is 0 Å². The summed E-state index contributed by atoms with van der Waals surface area (Å²) in [7, 11) is 0. The number of hydrogen-bond acceptors (Lipinski definition) is 6. The van der Waals surface area contributed by atoms with Crippen LogP contribution in [0, 0.1) is 6.92 Å². The highest BCUT2D eigenvalue weighted by Gasteiger charge is 2.28. The van der Waals surface area contributed by atoms with Crippen molar-refractivity contribution in [1.82, 2.24) is 14.9 Å². The molecule has 1 saturated heterocycles. The van der Waals surface area contributed by atoms with E-state index in [-0.39, 0.29) is 18.5 Å². The van der Waals surface area contributed by atoms with Gasteiger partial charge in [-0.15, -0.1) is 11.3 Å². The second kappa shape index (κ2) is 6.41. The number of anilines is 2. The fourth-order valence-electron chi connectivity index (χ4n) is 2.78. The highest BCUT2D eigenvalue weighted by molar-refractivity contribution is 7.15. The zero-order valence-corrected chi connectivity index (χ0v) is 13.3. The molecule has 22 heavy (non-hydrogen) atoms. The summed E-state index contributed by atoms with van der Waals surface area (Å²) in [5.41, 5.74) is 6.30. The smallest absolute Gasteiger partial charge is 0.231 e. The number of carbonyl (C=O) groups excluding carboxylic acids is 1. The predicted octanol–water partition coefficient (Wildman–Crippen LogP) is 2.21. The van der Waals surface area contributed by atoms with Gasteiger partial charge in [-0.25, -0.2) is 9.97 Å². The van der Waals surface area contributed by atoms with Gasteiger partial charge in [0.1, 0.15) is 5.82 Å². The minimum Gasteiger partial charge on any atom is -0.369 e. The minimum absolute atomic E-state index is 0.160. The lowest BCUT2D eigenvalue weighted by molar-refractivity contribution is -0.119. The Kier molecular flexibility index (Phi) is 4.35. The predicted molar refractivity (Wildman–Crippen MR) is 87.1 cm³/mol. The average Bonchev–Trinajstić information content (AvgIpc) is 3.08. The topological polar surface area (TPSA) is 84.1 Å². The Morgan fingerprint density at radius 2 is 2.41 bits per heavy atom. The number of aryl methyl sites for hydroxylation is 1. The first-order valence-electron chi connectivity index (χ1n) is 7.30. The van der Waals surface area contributed by atoms with Crippen LogP contribution in [-0.2, 0) is 4.79 Å². The van der Waals surface area contributed by atoms with Crippen LogP contribution in [0.15, 0.2) is 24.4 Å². The number of rotatable bonds is 5. The Balaban J connectivity index is 1.77. The first-order valence-corrected chi connectivity index (χ1v) is 8.12. The normalized spacial score (nSPS) is 18.5. The first-order chi connectivity index (χ1) is 10.6. The van der Waals surface area contributed by atoms with Gasteiger partial charge in [-0.3, -0.25) is 9.69 Å². The van der Waals surface area contributed by atoms with Gasteiger partial charge in [0.25, 0.3) is 0 Å². The summed E-state index contributed by atoms with van der Waals surface area (Å²) in [5, 5.41) is 4.07. The van der Waals surface area contributed by atoms with Gasteiger partial charge >= 0.3 is 0 Å². The lowest BCUT2D eigenvalue weighted by atomic mass is 10.1. The molecule has 116 valence electrons. The van der Waals surface area contributed by atoms with Gasteiger partial charge in [-0.1, -0.05) is 6.07 Å². The SMILES string of the molecule is Cc1cnc(Nc2cccc([C@H]3CCCN3CC(N)=O)n2)s1. The quantitative estimate of drug-likeness (QED) is 0.883. The van der Waals surface area contributed by atoms with Crippen molar-refractivity contribution in [3.05, 3.63) is 35.0 Å². The van der Waals surface area contributed by atoms with Crippen molar-refractivity contribution >= 4 is 28.2 Å². The Hall–Kier alpha value is -1.99. The highest BCUT2D eigenvalue weighted by Crippen LogP contribution is 2.31. The van der Waals surface area contributed by atoms with Crippen molar-refractivity contribution < 1.29 is 4.79 Å². The maximum absolute atomic E-state index is 11.2. The summed E-state index contributed by atoms with van der Waals surface area (Å²) in [4.78, 5) is 23.4.